The zero-order valence-corrected chi connectivity index (χ0v) is 10.8. The summed E-state index contributed by atoms with van der Waals surface area (Å²) in [6.07, 6.45) is 0. The largest absolute Gasteiger partial charge is 0.480 e. The van der Waals surface area contributed by atoms with Crippen molar-refractivity contribution in [2.24, 2.45) is 5.73 Å². The molecule has 94 valence electrons. The molecule has 0 aliphatic rings. The fraction of sp³-hybridized carbons (Fsp3) is 0.462. The number of anilines is 1. The highest BCUT2D eigenvalue weighted by atomic mass is 16.4. The quantitative estimate of drug-likeness (QED) is 0.832. The molecule has 17 heavy (non-hydrogen) atoms. The molecule has 0 bridgehead atoms. The molecule has 1 rings (SSSR count). The maximum atomic E-state index is 11.0. The third-order valence-corrected chi connectivity index (χ3v) is 2.70. The van der Waals surface area contributed by atoms with Crippen LogP contribution in [-0.2, 0) is 4.79 Å². The van der Waals surface area contributed by atoms with E-state index >= 15 is 0 Å². The van der Waals surface area contributed by atoms with E-state index in [-0.39, 0.29) is 6.54 Å². The van der Waals surface area contributed by atoms with Gasteiger partial charge in [0.25, 0.3) is 0 Å². The Labute approximate surface area is 102 Å². The van der Waals surface area contributed by atoms with Crippen LogP contribution in [0, 0.1) is 13.8 Å². The van der Waals surface area contributed by atoms with Crippen molar-refractivity contribution in [2.75, 3.05) is 18.5 Å². The lowest BCUT2D eigenvalue weighted by Crippen LogP contribution is -2.53. The molecule has 1 unspecified atom stereocenters. The molecule has 0 aliphatic heterocycles. The number of nitrogens with two attached hydrogens (primary N) is 1. The van der Waals surface area contributed by atoms with Crippen molar-refractivity contribution in [3.63, 3.8) is 0 Å². The first-order chi connectivity index (χ1) is 7.72. The van der Waals surface area contributed by atoms with Crippen molar-refractivity contribution in [2.45, 2.75) is 26.3 Å². The number of nitrogens with zero attached hydrogens (tertiary/aromatic N) is 1. The molecule has 1 aromatic rings. The van der Waals surface area contributed by atoms with Gasteiger partial charge in [0.1, 0.15) is 5.54 Å². The number of hydrogen-bond acceptors (Lipinski definition) is 3. The van der Waals surface area contributed by atoms with Gasteiger partial charge in [-0.1, -0.05) is 6.07 Å². The van der Waals surface area contributed by atoms with Crippen LogP contribution in [-0.4, -0.2) is 30.2 Å². The number of rotatable bonds is 4. The van der Waals surface area contributed by atoms with Gasteiger partial charge in [-0.05, 0) is 44.0 Å². The Kier molecular flexibility index (Phi) is 3.78. The van der Waals surface area contributed by atoms with Crippen LogP contribution in [0.2, 0.25) is 0 Å². The molecule has 3 N–H and O–H groups in total. The average molecular weight is 236 g/mol. The first-order valence-corrected chi connectivity index (χ1v) is 5.54. The van der Waals surface area contributed by atoms with E-state index in [2.05, 4.69) is 6.07 Å². The number of likely N-dealkylation sites (N-methyl/N-ethyl adjacent to an activating group) is 1. The van der Waals surface area contributed by atoms with E-state index in [1.165, 1.54) is 6.92 Å². The Morgan fingerprint density at radius 1 is 1.35 bits per heavy atom. The molecule has 0 radical (unpaired) electrons. The molecule has 0 aromatic heterocycles. The van der Waals surface area contributed by atoms with Crippen LogP contribution in [0.1, 0.15) is 18.1 Å². The Morgan fingerprint density at radius 3 is 2.24 bits per heavy atom. The standard InChI is InChI=1S/C13H20N2O2/c1-9-5-10(2)7-11(6-9)15(4)8-13(3,14)12(16)17/h5-7H,8,14H2,1-4H3,(H,16,17). The van der Waals surface area contributed by atoms with Gasteiger partial charge in [-0.3, -0.25) is 4.79 Å². The molecule has 0 fully saturated rings. The maximum Gasteiger partial charge on any atom is 0.325 e. The Balaban J connectivity index is 2.90. The second kappa shape index (κ2) is 4.75. The van der Waals surface area contributed by atoms with E-state index in [1.807, 2.05) is 37.9 Å². The van der Waals surface area contributed by atoms with Crippen LogP contribution in [0.15, 0.2) is 18.2 Å². The van der Waals surface area contributed by atoms with Gasteiger partial charge in [0, 0.05) is 19.3 Å². The molecular formula is C13H20N2O2. The zero-order valence-electron chi connectivity index (χ0n) is 10.8. The third-order valence-electron chi connectivity index (χ3n) is 2.70. The van der Waals surface area contributed by atoms with Crippen molar-refractivity contribution < 1.29 is 9.90 Å². The fourth-order valence-electron chi connectivity index (χ4n) is 1.82. The van der Waals surface area contributed by atoms with Gasteiger partial charge in [0.05, 0.1) is 0 Å². The second-order valence-electron chi connectivity index (χ2n) is 4.92. The lowest BCUT2D eigenvalue weighted by atomic mass is 10.0. The minimum absolute atomic E-state index is 0.269. The minimum Gasteiger partial charge on any atom is -0.480 e. The minimum atomic E-state index is -1.24. The Bertz CT molecular complexity index is 407. The van der Waals surface area contributed by atoms with Gasteiger partial charge < -0.3 is 15.7 Å². The van der Waals surface area contributed by atoms with E-state index < -0.39 is 11.5 Å². The summed E-state index contributed by atoms with van der Waals surface area (Å²) in [5.41, 5.74) is 7.78. The summed E-state index contributed by atoms with van der Waals surface area (Å²) in [6, 6.07) is 6.12. The number of hydrogen-bond donors (Lipinski definition) is 2. The van der Waals surface area contributed by atoms with Crippen LogP contribution in [0.4, 0.5) is 5.69 Å². The highest BCUT2D eigenvalue weighted by Crippen LogP contribution is 2.19. The average Bonchev–Trinajstić information content (AvgIpc) is 2.15. The maximum absolute atomic E-state index is 11.0. The molecule has 1 aromatic carbocycles. The molecular weight excluding hydrogens is 216 g/mol. The molecule has 1 atom stereocenters. The van der Waals surface area contributed by atoms with Gasteiger partial charge in [-0.2, -0.15) is 0 Å². The predicted molar refractivity (Wildman–Crippen MR) is 69.4 cm³/mol. The van der Waals surface area contributed by atoms with E-state index in [4.69, 9.17) is 10.8 Å². The summed E-state index contributed by atoms with van der Waals surface area (Å²) in [7, 11) is 1.85. The molecule has 0 saturated carbocycles. The van der Waals surface area contributed by atoms with E-state index in [1.54, 1.807) is 0 Å². The summed E-state index contributed by atoms with van der Waals surface area (Å²) in [4.78, 5) is 12.8. The highest BCUT2D eigenvalue weighted by Gasteiger charge is 2.29. The summed E-state index contributed by atoms with van der Waals surface area (Å²) in [5.74, 6) is -0.992. The molecule has 0 saturated heterocycles. The van der Waals surface area contributed by atoms with Gasteiger partial charge in [0.15, 0.2) is 0 Å². The van der Waals surface area contributed by atoms with E-state index in [0.29, 0.717) is 0 Å². The number of carbonyl (C=O) groups is 1. The van der Waals surface area contributed by atoms with E-state index in [0.717, 1.165) is 16.8 Å². The van der Waals surface area contributed by atoms with Gasteiger partial charge in [-0.15, -0.1) is 0 Å². The van der Waals surface area contributed by atoms with Crippen LogP contribution >= 0.6 is 0 Å². The van der Waals surface area contributed by atoms with Gasteiger partial charge in [0.2, 0.25) is 0 Å². The van der Waals surface area contributed by atoms with Crippen LogP contribution in [0.3, 0.4) is 0 Å². The van der Waals surface area contributed by atoms with Crippen molar-refractivity contribution in [3.8, 4) is 0 Å². The van der Waals surface area contributed by atoms with Crippen molar-refractivity contribution >= 4 is 11.7 Å². The molecule has 0 heterocycles. The topological polar surface area (TPSA) is 66.6 Å². The Morgan fingerprint density at radius 2 is 1.82 bits per heavy atom. The lowest BCUT2D eigenvalue weighted by Gasteiger charge is -2.28. The summed E-state index contributed by atoms with van der Waals surface area (Å²) in [6.45, 7) is 5.83. The summed E-state index contributed by atoms with van der Waals surface area (Å²) >= 11 is 0. The predicted octanol–water partition coefficient (Wildman–Crippen LogP) is 1.54. The summed E-state index contributed by atoms with van der Waals surface area (Å²) in [5, 5.41) is 8.99. The normalized spacial score (nSPS) is 14.2. The lowest BCUT2D eigenvalue weighted by molar-refractivity contribution is -0.142. The van der Waals surface area contributed by atoms with Crippen LogP contribution in [0.25, 0.3) is 0 Å². The molecule has 4 heteroatoms. The third kappa shape index (κ3) is 3.46. The number of carboxylic acids is 1. The molecule has 0 aliphatic carbocycles. The van der Waals surface area contributed by atoms with Crippen LogP contribution in [0.5, 0.6) is 0 Å². The Hall–Kier alpha value is -1.55. The number of carboxylic acid groups (broad SMARTS) is 1. The first-order valence-electron chi connectivity index (χ1n) is 5.54. The number of benzene rings is 1. The number of aliphatic carboxylic acids is 1. The molecule has 0 amide bonds. The molecule has 4 nitrogen and oxygen atoms in total. The van der Waals surface area contributed by atoms with E-state index in [9.17, 15) is 4.79 Å². The smallest absolute Gasteiger partial charge is 0.325 e. The monoisotopic (exact) mass is 236 g/mol. The highest BCUT2D eigenvalue weighted by molar-refractivity contribution is 5.79. The van der Waals surface area contributed by atoms with Crippen molar-refractivity contribution in [1.29, 1.82) is 0 Å². The van der Waals surface area contributed by atoms with Gasteiger partial charge in [-0.25, -0.2) is 0 Å². The first kappa shape index (κ1) is 13.5. The second-order valence-corrected chi connectivity index (χ2v) is 4.92. The van der Waals surface area contributed by atoms with Gasteiger partial charge >= 0.3 is 5.97 Å². The van der Waals surface area contributed by atoms with Crippen molar-refractivity contribution in [1.82, 2.24) is 0 Å². The summed E-state index contributed by atoms with van der Waals surface area (Å²) < 4.78 is 0. The van der Waals surface area contributed by atoms with Crippen LogP contribution < -0.4 is 10.6 Å². The molecule has 0 spiro atoms. The number of aryl methyl sites for hydroxylation is 2. The zero-order chi connectivity index (χ0) is 13.2. The fourth-order valence-corrected chi connectivity index (χ4v) is 1.82. The van der Waals surface area contributed by atoms with Crippen molar-refractivity contribution in [3.05, 3.63) is 29.3 Å². The SMILES string of the molecule is Cc1cc(C)cc(N(C)CC(C)(N)C(=O)O)c1.